The number of pyridine rings is 1. The summed E-state index contributed by atoms with van der Waals surface area (Å²) in [5.41, 5.74) is 2.24. The molecule has 0 aliphatic carbocycles. The highest BCUT2D eigenvalue weighted by Crippen LogP contribution is 2.36. The summed E-state index contributed by atoms with van der Waals surface area (Å²) in [4.78, 5) is 27.9. The summed E-state index contributed by atoms with van der Waals surface area (Å²) >= 11 is 0. The van der Waals surface area contributed by atoms with Crippen molar-refractivity contribution in [3.05, 3.63) is 45.7 Å². The third-order valence-corrected chi connectivity index (χ3v) is 5.86. The van der Waals surface area contributed by atoms with Crippen LogP contribution in [-0.4, -0.2) is 41.6 Å². The van der Waals surface area contributed by atoms with Gasteiger partial charge in [-0.2, -0.15) is 0 Å². The van der Waals surface area contributed by atoms with Gasteiger partial charge in [-0.1, -0.05) is 11.6 Å². The van der Waals surface area contributed by atoms with E-state index in [9.17, 15) is 9.59 Å². The summed E-state index contributed by atoms with van der Waals surface area (Å²) in [7, 11) is 1.89. The first kappa shape index (κ1) is 16.3. The summed E-state index contributed by atoms with van der Waals surface area (Å²) < 4.78 is 1.89. The number of fused-ring (bicyclic) bond motifs is 1. The van der Waals surface area contributed by atoms with Gasteiger partial charge in [-0.25, -0.2) is 0 Å². The summed E-state index contributed by atoms with van der Waals surface area (Å²) in [5, 5.41) is 4.09. The Hall–Kier alpha value is -2.14. The summed E-state index contributed by atoms with van der Waals surface area (Å²) in [6.45, 7) is 5.52. The minimum absolute atomic E-state index is 0.119. The van der Waals surface area contributed by atoms with Crippen LogP contribution in [0, 0.1) is 12.3 Å². The lowest BCUT2D eigenvalue weighted by Gasteiger charge is -2.33. The largest absolute Gasteiger partial charge is 0.350 e. The number of carbonyl (C=O) groups excluding carboxylic acids is 1. The molecule has 2 saturated heterocycles. The molecule has 1 amide bonds. The quantitative estimate of drug-likeness (QED) is 0.865. The molecule has 1 spiro atoms. The third-order valence-electron chi connectivity index (χ3n) is 5.86. The molecule has 0 bridgehead atoms. The molecule has 0 radical (unpaired) electrons. The lowest BCUT2D eigenvalue weighted by molar-refractivity contribution is 0.0762. The molecule has 0 saturated carbocycles. The predicted molar refractivity (Wildman–Crippen MR) is 99.0 cm³/mol. The highest BCUT2D eigenvalue weighted by atomic mass is 16.2. The molecule has 0 unspecified atom stereocenters. The Morgan fingerprint density at radius 1 is 1.28 bits per heavy atom. The van der Waals surface area contributed by atoms with Crippen molar-refractivity contribution in [3.8, 4) is 0 Å². The van der Waals surface area contributed by atoms with Crippen LogP contribution in [0.5, 0.6) is 0 Å². The molecule has 1 aromatic heterocycles. The van der Waals surface area contributed by atoms with Crippen molar-refractivity contribution >= 4 is 16.8 Å². The molecule has 2 aliphatic rings. The van der Waals surface area contributed by atoms with Gasteiger partial charge in [0.1, 0.15) is 5.56 Å². The number of aryl methyl sites for hydroxylation is 2. The van der Waals surface area contributed by atoms with E-state index in [0.717, 1.165) is 43.7 Å². The Labute approximate surface area is 147 Å². The second kappa shape index (κ2) is 5.99. The number of likely N-dealkylation sites (tertiary alicyclic amines) is 1. The van der Waals surface area contributed by atoms with Gasteiger partial charge in [0, 0.05) is 43.7 Å². The standard InChI is InChI=1S/C20H25N3O2/c1-14-4-5-17-15(10-14)18(24)16(11-22(17)2)19(25)23-9-7-20(13-23)6-3-8-21-12-20/h4-5,10-11,21H,3,6-9,12-13H2,1-2H3/t20-/m1/s1. The lowest BCUT2D eigenvalue weighted by atomic mass is 9.80. The van der Waals surface area contributed by atoms with Gasteiger partial charge in [0.25, 0.3) is 5.91 Å². The van der Waals surface area contributed by atoms with Gasteiger partial charge in [-0.3, -0.25) is 9.59 Å². The fraction of sp³-hybridized carbons (Fsp3) is 0.500. The second-order valence-electron chi connectivity index (χ2n) is 7.76. The number of aromatic nitrogens is 1. The smallest absolute Gasteiger partial charge is 0.259 e. The molecular weight excluding hydrogens is 314 g/mol. The molecule has 2 aromatic rings. The zero-order chi connectivity index (χ0) is 17.6. The maximum Gasteiger partial charge on any atom is 0.259 e. The number of rotatable bonds is 1. The summed E-state index contributed by atoms with van der Waals surface area (Å²) in [6, 6.07) is 5.81. The van der Waals surface area contributed by atoms with Crippen molar-refractivity contribution in [3.63, 3.8) is 0 Å². The predicted octanol–water partition coefficient (Wildman–Crippen LogP) is 2.06. The molecule has 3 heterocycles. The van der Waals surface area contributed by atoms with Gasteiger partial charge in [-0.05, 0) is 44.9 Å². The number of hydrogen-bond acceptors (Lipinski definition) is 3. The van der Waals surface area contributed by atoms with Gasteiger partial charge in [0.2, 0.25) is 5.43 Å². The van der Waals surface area contributed by atoms with Crippen LogP contribution in [0.4, 0.5) is 0 Å². The minimum atomic E-state index is -0.149. The van der Waals surface area contributed by atoms with Crippen molar-refractivity contribution in [1.29, 1.82) is 0 Å². The first-order valence-corrected chi connectivity index (χ1v) is 9.09. The molecule has 25 heavy (non-hydrogen) atoms. The van der Waals surface area contributed by atoms with Crippen LogP contribution in [-0.2, 0) is 7.05 Å². The Kier molecular flexibility index (Phi) is 3.91. The van der Waals surface area contributed by atoms with Gasteiger partial charge in [-0.15, -0.1) is 0 Å². The van der Waals surface area contributed by atoms with E-state index < -0.39 is 0 Å². The van der Waals surface area contributed by atoms with E-state index in [1.165, 1.54) is 12.8 Å². The van der Waals surface area contributed by atoms with Crippen LogP contribution in [0.1, 0.15) is 35.2 Å². The first-order chi connectivity index (χ1) is 12.0. The Bertz CT molecular complexity index is 894. The van der Waals surface area contributed by atoms with Crippen LogP contribution < -0.4 is 10.7 Å². The van der Waals surface area contributed by atoms with E-state index in [0.29, 0.717) is 10.9 Å². The third kappa shape index (κ3) is 2.76. The van der Waals surface area contributed by atoms with E-state index in [1.807, 2.05) is 41.6 Å². The number of hydrogen-bond donors (Lipinski definition) is 1. The van der Waals surface area contributed by atoms with Gasteiger partial charge in [0.05, 0.1) is 5.52 Å². The van der Waals surface area contributed by atoms with Crippen molar-refractivity contribution in [2.75, 3.05) is 26.2 Å². The molecule has 5 heteroatoms. The van der Waals surface area contributed by atoms with Gasteiger partial charge >= 0.3 is 0 Å². The van der Waals surface area contributed by atoms with Crippen LogP contribution >= 0.6 is 0 Å². The number of amides is 1. The Balaban J connectivity index is 1.69. The molecule has 2 fully saturated rings. The van der Waals surface area contributed by atoms with E-state index >= 15 is 0 Å². The van der Waals surface area contributed by atoms with Crippen molar-refractivity contribution in [2.45, 2.75) is 26.2 Å². The average Bonchev–Trinajstić information content (AvgIpc) is 3.01. The summed E-state index contributed by atoms with van der Waals surface area (Å²) in [6.07, 6.45) is 5.06. The lowest BCUT2D eigenvalue weighted by Crippen LogP contribution is -2.43. The van der Waals surface area contributed by atoms with Crippen LogP contribution in [0.15, 0.2) is 29.2 Å². The molecular formula is C20H25N3O2. The molecule has 1 N–H and O–H groups in total. The fourth-order valence-corrected chi connectivity index (χ4v) is 4.42. The number of benzene rings is 1. The SMILES string of the molecule is Cc1ccc2c(c1)c(=O)c(C(=O)N1CC[C@@]3(CCCNC3)C1)cn2C. The number of nitrogens with one attached hydrogen (secondary N) is 1. The second-order valence-corrected chi connectivity index (χ2v) is 7.76. The zero-order valence-electron chi connectivity index (χ0n) is 15.0. The van der Waals surface area contributed by atoms with Gasteiger partial charge < -0.3 is 14.8 Å². The van der Waals surface area contributed by atoms with Crippen molar-refractivity contribution < 1.29 is 4.79 Å². The van der Waals surface area contributed by atoms with E-state index in [-0.39, 0.29) is 16.8 Å². The number of nitrogens with zero attached hydrogens (tertiary/aromatic N) is 2. The average molecular weight is 339 g/mol. The van der Waals surface area contributed by atoms with Crippen LogP contribution in [0.2, 0.25) is 0 Å². The van der Waals surface area contributed by atoms with Gasteiger partial charge in [0.15, 0.2) is 0 Å². The maximum absolute atomic E-state index is 13.1. The Morgan fingerprint density at radius 2 is 2.12 bits per heavy atom. The molecule has 1 aromatic carbocycles. The molecule has 132 valence electrons. The fourth-order valence-electron chi connectivity index (χ4n) is 4.42. The zero-order valence-corrected chi connectivity index (χ0v) is 15.0. The maximum atomic E-state index is 13.1. The number of carbonyl (C=O) groups is 1. The van der Waals surface area contributed by atoms with E-state index in [1.54, 1.807) is 6.20 Å². The topological polar surface area (TPSA) is 54.3 Å². The van der Waals surface area contributed by atoms with E-state index in [4.69, 9.17) is 0 Å². The normalized spacial score (nSPS) is 23.5. The van der Waals surface area contributed by atoms with E-state index in [2.05, 4.69) is 5.32 Å². The Morgan fingerprint density at radius 3 is 2.88 bits per heavy atom. The highest BCUT2D eigenvalue weighted by molar-refractivity contribution is 5.97. The van der Waals surface area contributed by atoms with Crippen molar-refractivity contribution in [2.24, 2.45) is 12.5 Å². The highest BCUT2D eigenvalue weighted by Gasteiger charge is 2.41. The van der Waals surface area contributed by atoms with Crippen LogP contribution in [0.25, 0.3) is 10.9 Å². The number of piperidine rings is 1. The monoisotopic (exact) mass is 339 g/mol. The van der Waals surface area contributed by atoms with Crippen molar-refractivity contribution in [1.82, 2.24) is 14.8 Å². The molecule has 1 atom stereocenters. The molecule has 4 rings (SSSR count). The molecule has 5 nitrogen and oxygen atoms in total. The minimum Gasteiger partial charge on any atom is -0.350 e. The first-order valence-electron chi connectivity index (χ1n) is 9.09. The van der Waals surface area contributed by atoms with Crippen LogP contribution in [0.3, 0.4) is 0 Å². The molecule has 2 aliphatic heterocycles. The summed E-state index contributed by atoms with van der Waals surface area (Å²) in [5.74, 6) is -0.119.